The van der Waals surface area contributed by atoms with Crippen molar-refractivity contribution in [2.75, 3.05) is 5.88 Å². The maximum Gasteiger partial charge on any atom is 0.126 e. The lowest BCUT2D eigenvalue weighted by atomic mass is 10.1. The standard InChI is InChI=1S/C15H13ClO/c16-11-4-12-17-15-9-7-14(8-10-15)13-5-2-1-3-6-13/h1-10,12H,11H2. The highest BCUT2D eigenvalue weighted by Crippen LogP contribution is 2.21. The van der Waals surface area contributed by atoms with Gasteiger partial charge in [-0.3, -0.25) is 0 Å². The maximum atomic E-state index is 5.51. The summed E-state index contributed by atoms with van der Waals surface area (Å²) in [6.07, 6.45) is 3.36. The molecule has 0 spiro atoms. The second kappa shape index (κ2) is 6.12. The summed E-state index contributed by atoms with van der Waals surface area (Å²) in [4.78, 5) is 0. The number of hydrogen-bond donors (Lipinski definition) is 0. The lowest BCUT2D eigenvalue weighted by Gasteiger charge is -2.03. The van der Waals surface area contributed by atoms with Gasteiger partial charge in [-0.15, -0.1) is 11.6 Å². The number of rotatable bonds is 4. The molecule has 17 heavy (non-hydrogen) atoms. The Bertz CT molecular complexity index is 474. The molecule has 0 bridgehead atoms. The minimum atomic E-state index is 0.460. The summed E-state index contributed by atoms with van der Waals surface area (Å²) in [7, 11) is 0. The van der Waals surface area contributed by atoms with Crippen molar-refractivity contribution in [3.05, 3.63) is 66.9 Å². The predicted molar refractivity (Wildman–Crippen MR) is 72.4 cm³/mol. The van der Waals surface area contributed by atoms with Crippen LogP contribution in [0.2, 0.25) is 0 Å². The molecule has 1 nitrogen and oxygen atoms in total. The molecule has 0 radical (unpaired) electrons. The molecule has 0 heterocycles. The monoisotopic (exact) mass is 244 g/mol. The normalized spacial score (nSPS) is 10.6. The molecule has 0 aliphatic rings. The quantitative estimate of drug-likeness (QED) is 0.569. The van der Waals surface area contributed by atoms with Gasteiger partial charge in [0.2, 0.25) is 0 Å². The van der Waals surface area contributed by atoms with Crippen molar-refractivity contribution in [3.8, 4) is 16.9 Å². The molecule has 2 aromatic carbocycles. The average molecular weight is 245 g/mol. The molecule has 0 unspecified atom stereocenters. The summed E-state index contributed by atoms with van der Waals surface area (Å²) >= 11 is 5.51. The van der Waals surface area contributed by atoms with E-state index < -0.39 is 0 Å². The van der Waals surface area contributed by atoms with Gasteiger partial charge in [0.15, 0.2) is 0 Å². The Hall–Kier alpha value is -1.73. The average Bonchev–Trinajstić information content (AvgIpc) is 2.41. The molecule has 0 aliphatic carbocycles. The summed E-state index contributed by atoms with van der Waals surface area (Å²) in [6, 6.07) is 18.2. The second-order valence-electron chi connectivity index (χ2n) is 3.53. The zero-order valence-electron chi connectivity index (χ0n) is 9.34. The van der Waals surface area contributed by atoms with E-state index in [9.17, 15) is 0 Å². The molecule has 2 rings (SSSR count). The molecule has 2 aromatic rings. The van der Waals surface area contributed by atoms with Gasteiger partial charge in [-0.05, 0) is 29.3 Å². The molecule has 0 fully saturated rings. The Morgan fingerprint density at radius 1 is 0.882 bits per heavy atom. The molecule has 0 aliphatic heterocycles. The van der Waals surface area contributed by atoms with Crippen LogP contribution in [0.1, 0.15) is 0 Å². The van der Waals surface area contributed by atoms with Crippen molar-refractivity contribution in [1.82, 2.24) is 0 Å². The minimum absolute atomic E-state index is 0.460. The molecule has 0 saturated carbocycles. The fourth-order valence-electron chi connectivity index (χ4n) is 1.52. The van der Waals surface area contributed by atoms with Crippen molar-refractivity contribution < 1.29 is 4.74 Å². The summed E-state index contributed by atoms with van der Waals surface area (Å²) in [5, 5.41) is 0. The first-order chi connectivity index (χ1) is 8.40. The van der Waals surface area contributed by atoms with Gasteiger partial charge in [-0.2, -0.15) is 0 Å². The van der Waals surface area contributed by atoms with E-state index in [0.29, 0.717) is 5.88 Å². The third-order valence-electron chi connectivity index (χ3n) is 2.35. The first-order valence-corrected chi connectivity index (χ1v) is 5.97. The van der Waals surface area contributed by atoms with Crippen LogP contribution in [0.15, 0.2) is 66.9 Å². The Balaban J connectivity index is 2.11. The Morgan fingerprint density at radius 2 is 1.53 bits per heavy atom. The molecular weight excluding hydrogens is 232 g/mol. The van der Waals surface area contributed by atoms with Gasteiger partial charge < -0.3 is 4.74 Å². The number of benzene rings is 2. The Labute approximate surface area is 106 Å². The number of ether oxygens (including phenoxy) is 1. The topological polar surface area (TPSA) is 9.23 Å². The highest BCUT2D eigenvalue weighted by Gasteiger charge is 1.96. The molecule has 0 amide bonds. The van der Waals surface area contributed by atoms with Gasteiger partial charge in [0.25, 0.3) is 0 Å². The number of allylic oxidation sites excluding steroid dienone is 1. The van der Waals surface area contributed by atoms with Gasteiger partial charge >= 0.3 is 0 Å². The van der Waals surface area contributed by atoms with Crippen molar-refractivity contribution >= 4 is 11.6 Å². The predicted octanol–water partition coefficient (Wildman–Crippen LogP) is 4.48. The van der Waals surface area contributed by atoms with Crippen LogP contribution in [-0.2, 0) is 0 Å². The van der Waals surface area contributed by atoms with Crippen LogP contribution in [0.4, 0.5) is 0 Å². The highest BCUT2D eigenvalue weighted by atomic mass is 35.5. The van der Waals surface area contributed by atoms with Crippen molar-refractivity contribution in [2.24, 2.45) is 0 Å². The minimum Gasteiger partial charge on any atom is -0.465 e. The van der Waals surface area contributed by atoms with Crippen LogP contribution in [0, 0.1) is 0 Å². The smallest absolute Gasteiger partial charge is 0.126 e. The SMILES string of the molecule is ClCC=COc1ccc(-c2ccccc2)cc1. The van der Waals surface area contributed by atoms with Crippen molar-refractivity contribution in [2.45, 2.75) is 0 Å². The Morgan fingerprint density at radius 3 is 2.18 bits per heavy atom. The summed E-state index contributed by atoms with van der Waals surface area (Å²) < 4.78 is 5.37. The summed E-state index contributed by atoms with van der Waals surface area (Å²) in [6.45, 7) is 0. The second-order valence-corrected chi connectivity index (χ2v) is 3.84. The van der Waals surface area contributed by atoms with E-state index in [-0.39, 0.29) is 0 Å². The van der Waals surface area contributed by atoms with Crippen LogP contribution >= 0.6 is 11.6 Å². The lowest BCUT2D eigenvalue weighted by molar-refractivity contribution is 0.480. The van der Waals surface area contributed by atoms with E-state index in [1.807, 2.05) is 42.5 Å². The zero-order valence-corrected chi connectivity index (χ0v) is 10.1. The van der Waals surface area contributed by atoms with Gasteiger partial charge in [0.05, 0.1) is 6.26 Å². The molecule has 0 aromatic heterocycles. The first-order valence-electron chi connectivity index (χ1n) is 5.43. The molecular formula is C15H13ClO. The fourth-order valence-corrected chi connectivity index (χ4v) is 1.59. The first kappa shape index (κ1) is 11.7. The van der Waals surface area contributed by atoms with E-state index in [1.165, 1.54) is 11.1 Å². The van der Waals surface area contributed by atoms with Crippen molar-refractivity contribution in [1.29, 1.82) is 0 Å². The van der Waals surface area contributed by atoms with E-state index in [0.717, 1.165) is 5.75 Å². The molecule has 0 saturated heterocycles. The summed E-state index contributed by atoms with van der Waals surface area (Å²) in [5.41, 5.74) is 2.38. The maximum absolute atomic E-state index is 5.51. The molecule has 0 N–H and O–H groups in total. The third-order valence-corrected chi connectivity index (χ3v) is 2.53. The van der Waals surface area contributed by atoms with Gasteiger partial charge in [-0.1, -0.05) is 42.5 Å². The number of halogens is 1. The summed E-state index contributed by atoms with van der Waals surface area (Å²) in [5.74, 6) is 1.27. The van der Waals surface area contributed by atoms with Crippen LogP contribution < -0.4 is 4.74 Å². The number of alkyl halides is 1. The lowest BCUT2D eigenvalue weighted by Crippen LogP contribution is -1.82. The van der Waals surface area contributed by atoms with Crippen LogP contribution in [0.25, 0.3) is 11.1 Å². The fraction of sp³-hybridized carbons (Fsp3) is 0.0667. The molecule has 0 atom stereocenters. The van der Waals surface area contributed by atoms with Gasteiger partial charge in [0, 0.05) is 5.88 Å². The van der Waals surface area contributed by atoms with Crippen LogP contribution in [0.3, 0.4) is 0 Å². The molecule has 2 heteroatoms. The Kier molecular flexibility index (Phi) is 4.23. The van der Waals surface area contributed by atoms with Gasteiger partial charge in [-0.25, -0.2) is 0 Å². The van der Waals surface area contributed by atoms with E-state index >= 15 is 0 Å². The van der Waals surface area contributed by atoms with E-state index in [2.05, 4.69) is 12.1 Å². The zero-order chi connectivity index (χ0) is 11.9. The van der Waals surface area contributed by atoms with Crippen LogP contribution in [-0.4, -0.2) is 5.88 Å². The molecule has 86 valence electrons. The third kappa shape index (κ3) is 3.36. The number of hydrogen-bond acceptors (Lipinski definition) is 1. The van der Waals surface area contributed by atoms with Crippen molar-refractivity contribution in [3.63, 3.8) is 0 Å². The van der Waals surface area contributed by atoms with Gasteiger partial charge in [0.1, 0.15) is 5.75 Å². The van der Waals surface area contributed by atoms with E-state index in [1.54, 1.807) is 12.3 Å². The van der Waals surface area contributed by atoms with Crippen LogP contribution in [0.5, 0.6) is 5.75 Å². The largest absolute Gasteiger partial charge is 0.465 e. The van der Waals surface area contributed by atoms with E-state index in [4.69, 9.17) is 16.3 Å². The highest BCUT2D eigenvalue weighted by molar-refractivity contribution is 6.18.